The van der Waals surface area contributed by atoms with Gasteiger partial charge in [0.05, 0.1) is 45.6 Å². The maximum atomic E-state index is 10.3. The standard InChI is InChI=1S/C40H28N2.C31H36N4.C28H21N3O2.C25H22N2O2.4Pt/c1-41-39-19-11-9-17-31(39)29-23-35(27-13-5-3-6-14-27)33-21-22-34-36(28-15-7-4-8-16-28)24-30(26-38(34)37(33)25-29)32-18-10-12-20-40(32)42-2;1-8-23-24(9-2)30(34-28(23)16-22-14-12-13-15-32-22)18-31-26(11-4)25(10-3)29(35-31)17-27-20(6)19(5)21(7)33-27;32-25-16-6-4-12-21(25)23-14-8-18-27(29-23)31(20-10-2-1-3-11-20)28-19-9-15-24(30-28)22-13-5-7-17-26(22)33;1-25(2,23-15-7-11-19(26-23)17-9-3-5-13-21(17)28)24-16-8-12-20(27-24)18-10-4-6-14-22(18)29;;;;/h3-24H,1-2H3;12-18H,8-11H2,1-7H3;1-19,32-33H;3-16,28-29H,1-2H3;;;;/q-4;-2;;;;;+2;+4. The molecule has 19 heteroatoms. The van der Waals surface area contributed by atoms with Crippen LogP contribution in [0.15, 0.2) is 380 Å². The van der Waals surface area contributed by atoms with Gasteiger partial charge in [-0.25, -0.2) is 9.97 Å². The van der Waals surface area contributed by atoms with Crippen molar-refractivity contribution in [1.82, 2.24) is 34.9 Å². The van der Waals surface area contributed by atoms with Gasteiger partial charge in [0.25, 0.3) is 0 Å². The number of para-hydroxylation sites is 7. The van der Waals surface area contributed by atoms with Crippen molar-refractivity contribution < 1.29 is 105 Å². The van der Waals surface area contributed by atoms with Crippen LogP contribution in [0.25, 0.3) is 140 Å². The first-order valence-corrected chi connectivity index (χ1v) is 47.0. The van der Waals surface area contributed by atoms with Crippen molar-refractivity contribution in [2.24, 2.45) is 4.99 Å². The Balaban J connectivity index is 0.000000160. The quantitative estimate of drug-likeness (QED) is 0.0368. The number of pyridine rings is 5. The van der Waals surface area contributed by atoms with Crippen LogP contribution < -0.4 is 25.6 Å². The van der Waals surface area contributed by atoms with Crippen LogP contribution in [0.3, 0.4) is 0 Å². The summed E-state index contributed by atoms with van der Waals surface area (Å²) in [4.78, 5) is 40.8. The van der Waals surface area contributed by atoms with E-state index in [1.165, 1.54) is 33.4 Å². The number of phenolic OH excluding ortho intramolecular Hbond substituents is 4. The van der Waals surface area contributed by atoms with E-state index in [1.807, 2.05) is 207 Å². The monoisotopic (exact) mass is 2590 g/mol. The largest absolute Gasteiger partial charge is 4.00 e. The first-order valence-electron chi connectivity index (χ1n) is 47.0. The van der Waals surface area contributed by atoms with E-state index >= 15 is 0 Å². The molecule has 0 radical (unpaired) electrons. The van der Waals surface area contributed by atoms with Crippen molar-refractivity contribution >= 4 is 74.2 Å². The van der Waals surface area contributed by atoms with E-state index in [1.54, 1.807) is 48.5 Å². The number of rotatable bonds is 22. The average molecular weight is 2600 g/mol. The second kappa shape index (κ2) is 48.9. The van der Waals surface area contributed by atoms with E-state index in [4.69, 9.17) is 34.9 Å². The minimum Gasteiger partial charge on any atom is -0.693 e. The molecule has 0 unspecified atom stereocenters. The molecule has 15 nitrogen and oxygen atoms in total. The number of benzene rings is 12. The second-order valence-corrected chi connectivity index (χ2v) is 34.4. The predicted octanol–water partition coefficient (Wildman–Crippen LogP) is 28.8. The van der Waals surface area contributed by atoms with Crippen molar-refractivity contribution in [3.05, 3.63) is 459 Å². The van der Waals surface area contributed by atoms with Crippen LogP contribution in [0.1, 0.15) is 113 Å². The summed E-state index contributed by atoms with van der Waals surface area (Å²) in [6, 6.07) is 122. The molecule has 722 valence electrons. The molecule has 4 N–H and O–H groups in total. The third-order valence-corrected chi connectivity index (χ3v) is 25.5. The van der Waals surface area contributed by atoms with Crippen molar-refractivity contribution in [3.63, 3.8) is 0 Å². The number of allylic oxidation sites excluding steroid dienone is 2. The van der Waals surface area contributed by atoms with Crippen LogP contribution in [-0.4, -0.2) is 65.2 Å². The summed E-state index contributed by atoms with van der Waals surface area (Å²) in [6.07, 6.45) is 12.1. The number of anilines is 3. The Kier molecular flexibility index (Phi) is 36.3. The van der Waals surface area contributed by atoms with E-state index in [2.05, 4.69) is 230 Å². The fourth-order valence-corrected chi connectivity index (χ4v) is 18.0. The molecule has 0 atom stereocenters. The SMILES string of the molecule is CC(C)(c1cccc(-c2ccccc2O)n1)c1cccc(-c2ccccc2O)n1.CCc1c(C=C2N=C(C)C(C)=C2C)[n-]c(C=c2[n-]c(=Cc3ccccn3)c(CC)c2CC)c1CC.C[N-]c1ccccc1-c1[c-]c2c(ccc3c(-c4ccccc4)cc(-c4ccccc4[N-]C)[c-]c32)c(-c2ccccc2)c1.Oc1ccccc1-c1cccc(N(c2ccccc2)c2cccc(-c3ccccc3O)n2)n1.[Pt+2].[Pt+4].[Pt].[Pt]. The van der Waals surface area contributed by atoms with Gasteiger partial charge in [0.2, 0.25) is 0 Å². The predicted molar refractivity (Wildman–Crippen MR) is 572 cm³/mol. The molecule has 143 heavy (non-hydrogen) atoms. The minimum atomic E-state index is -0.471. The van der Waals surface area contributed by atoms with Gasteiger partial charge >= 0.3 is 42.1 Å². The summed E-state index contributed by atoms with van der Waals surface area (Å²) in [7, 11) is 3.69. The molecule has 0 fully saturated rings. The van der Waals surface area contributed by atoms with E-state index < -0.39 is 5.41 Å². The summed E-state index contributed by atoms with van der Waals surface area (Å²) in [6.45, 7) is 19.4. The van der Waals surface area contributed by atoms with Gasteiger partial charge in [0.1, 0.15) is 34.6 Å². The Labute approximate surface area is 894 Å². The fraction of sp³-hybridized carbons (Fsp3) is 0.129. The molecule has 0 aliphatic carbocycles. The van der Waals surface area contributed by atoms with Crippen LogP contribution in [0.5, 0.6) is 23.0 Å². The van der Waals surface area contributed by atoms with Gasteiger partial charge < -0.3 is 41.0 Å². The topological polar surface area (TPSA) is 217 Å². The maximum Gasteiger partial charge on any atom is 4.00 e. The molecule has 0 bridgehead atoms. The minimum absolute atomic E-state index is 0. The molecule has 0 saturated carbocycles. The Morgan fingerprint density at radius 2 is 0.727 bits per heavy atom. The number of aromatic nitrogens is 7. The second-order valence-electron chi connectivity index (χ2n) is 34.4. The van der Waals surface area contributed by atoms with Gasteiger partial charge in [-0.3, -0.25) is 24.8 Å². The Morgan fingerprint density at radius 1 is 0.364 bits per heavy atom. The summed E-state index contributed by atoms with van der Waals surface area (Å²) in [5.41, 5.74) is 31.1. The fourth-order valence-electron chi connectivity index (χ4n) is 18.0. The van der Waals surface area contributed by atoms with Crippen molar-refractivity contribution in [1.29, 1.82) is 0 Å². The van der Waals surface area contributed by atoms with Crippen LogP contribution in [0, 0.1) is 12.1 Å². The molecule has 7 aromatic heterocycles. The van der Waals surface area contributed by atoms with E-state index in [-0.39, 0.29) is 107 Å². The zero-order chi connectivity index (χ0) is 96.6. The molecule has 1 aliphatic rings. The molecule has 1 aliphatic heterocycles. The van der Waals surface area contributed by atoms with Crippen molar-refractivity contribution in [2.45, 2.75) is 93.4 Å². The summed E-state index contributed by atoms with van der Waals surface area (Å²) in [5, 5.41) is 56.6. The zero-order valence-corrected chi connectivity index (χ0v) is 90.2. The zero-order valence-electron chi connectivity index (χ0n) is 81.1. The summed E-state index contributed by atoms with van der Waals surface area (Å²) >= 11 is 0. The van der Waals surface area contributed by atoms with Gasteiger partial charge in [-0.15, -0.1) is 82.3 Å². The third-order valence-electron chi connectivity index (χ3n) is 25.5. The third kappa shape index (κ3) is 23.6. The van der Waals surface area contributed by atoms with Gasteiger partial charge in [-0.1, -0.05) is 297 Å². The number of aliphatic imine (C=N–C) groups is 1. The number of hydrogen-bond donors (Lipinski definition) is 4. The molecule has 8 heterocycles. The maximum absolute atomic E-state index is 10.3. The Hall–Kier alpha value is -14.3. The number of nitrogens with zero attached hydrogens (tertiary/aromatic N) is 11. The van der Waals surface area contributed by atoms with Gasteiger partial charge in [0, 0.05) is 87.4 Å². The average Bonchev–Trinajstić information content (AvgIpc) is 1.12. The smallest absolute Gasteiger partial charge is 0.693 e. The van der Waals surface area contributed by atoms with Gasteiger partial charge in [-0.2, -0.15) is 34.3 Å². The molecule has 12 aromatic carbocycles. The Morgan fingerprint density at radius 3 is 1.11 bits per heavy atom. The number of fused-ring (bicyclic) bond motifs is 3. The molecule has 0 saturated heterocycles. The van der Waals surface area contributed by atoms with Crippen molar-refractivity contribution in [3.8, 4) is 113 Å². The number of hydrogen-bond acceptors (Lipinski definition) is 11. The number of phenols is 4. The van der Waals surface area contributed by atoms with E-state index in [0.29, 0.717) is 56.7 Å². The molecular formula is C124H107N11O4Pt4. The summed E-state index contributed by atoms with van der Waals surface area (Å²) < 4.78 is 0. The van der Waals surface area contributed by atoms with Crippen LogP contribution >= 0.6 is 0 Å². The first kappa shape index (κ1) is 106. The van der Waals surface area contributed by atoms with Crippen molar-refractivity contribution in [2.75, 3.05) is 19.0 Å². The van der Waals surface area contributed by atoms with E-state index in [0.717, 1.165) is 159 Å². The van der Waals surface area contributed by atoms with Crippen LogP contribution in [0.4, 0.5) is 28.7 Å². The van der Waals surface area contributed by atoms with E-state index in [9.17, 15) is 20.4 Å². The van der Waals surface area contributed by atoms with Crippen LogP contribution in [0.2, 0.25) is 0 Å². The molecular weight excluding hydrogens is 2490 g/mol. The first-order chi connectivity index (χ1) is 67.8. The molecule has 20 rings (SSSR count). The molecule has 19 aromatic rings. The van der Waals surface area contributed by atoms with Gasteiger partial charge in [0.15, 0.2) is 0 Å². The summed E-state index contributed by atoms with van der Waals surface area (Å²) in [5.74, 6) is 2.07. The van der Waals surface area contributed by atoms with Crippen LogP contribution in [-0.2, 0) is 115 Å². The normalized spacial score (nSPS) is 12.0. The van der Waals surface area contributed by atoms with Gasteiger partial charge in [-0.05, 0) is 204 Å². The molecule has 0 spiro atoms. The molecule has 0 amide bonds. The number of aromatic hydroxyl groups is 4. The Bertz CT molecular complexity index is 7590.